The highest BCUT2D eigenvalue weighted by atomic mass is 35.5. The molecular formula is C9H9ClN2O. The lowest BCUT2D eigenvalue weighted by atomic mass is 10.0. The van der Waals surface area contributed by atoms with Gasteiger partial charge in [0.15, 0.2) is 0 Å². The Morgan fingerprint density at radius 2 is 2.38 bits per heavy atom. The molecule has 1 unspecified atom stereocenters. The van der Waals surface area contributed by atoms with Crippen LogP contribution in [-0.2, 0) is 4.79 Å². The van der Waals surface area contributed by atoms with E-state index in [4.69, 9.17) is 11.6 Å². The summed E-state index contributed by atoms with van der Waals surface area (Å²) in [7, 11) is 0. The van der Waals surface area contributed by atoms with Crippen molar-refractivity contribution in [2.45, 2.75) is 12.3 Å². The summed E-state index contributed by atoms with van der Waals surface area (Å²) < 4.78 is 0. The summed E-state index contributed by atoms with van der Waals surface area (Å²) in [6.45, 7) is 0.695. The first-order chi connectivity index (χ1) is 6.25. The third-order valence-electron chi connectivity index (χ3n) is 2.17. The van der Waals surface area contributed by atoms with Crippen LogP contribution in [0.15, 0.2) is 18.5 Å². The number of nitrogens with one attached hydrogen (secondary N) is 1. The van der Waals surface area contributed by atoms with Crippen molar-refractivity contribution >= 4 is 17.5 Å². The van der Waals surface area contributed by atoms with Crippen LogP contribution in [0.3, 0.4) is 0 Å². The summed E-state index contributed by atoms with van der Waals surface area (Å²) >= 11 is 5.79. The monoisotopic (exact) mass is 196 g/mol. The molecule has 1 aliphatic heterocycles. The van der Waals surface area contributed by atoms with Crippen LogP contribution in [0.2, 0.25) is 5.02 Å². The van der Waals surface area contributed by atoms with Gasteiger partial charge in [-0.3, -0.25) is 9.78 Å². The molecule has 1 aromatic heterocycles. The first kappa shape index (κ1) is 8.51. The van der Waals surface area contributed by atoms with Crippen LogP contribution in [0.1, 0.15) is 17.9 Å². The van der Waals surface area contributed by atoms with Crippen LogP contribution in [-0.4, -0.2) is 17.4 Å². The van der Waals surface area contributed by atoms with Crippen molar-refractivity contribution < 1.29 is 4.79 Å². The van der Waals surface area contributed by atoms with Crippen LogP contribution in [0.5, 0.6) is 0 Å². The third kappa shape index (κ3) is 1.80. The van der Waals surface area contributed by atoms with Crippen LogP contribution < -0.4 is 5.32 Å². The van der Waals surface area contributed by atoms with E-state index in [9.17, 15) is 4.79 Å². The largest absolute Gasteiger partial charge is 0.355 e. The molecule has 0 spiro atoms. The average molecular weight is 197 g/mol. The van der Waals surface area contributed by atoms with Gasteiger partial charge >= 0.3 is 0 Å². The van der Waals surface area contributed by atoms with Crippen molar-refractivity contribution in [1.82, 2.24) is 10.3 Å². The molecule has 0 radical (unpaired) electrons. The Morgan fingerprint density at radius 1 is 1.54 bits per heavy atom. The molecule has 68 valence electrons. The fourth-order valence-corrected chi connectivity index (χ4v) is 1.67. The minimum atomic E-state index is 0.102. The lowest BCUT2D eigenvalue weighted by molar-refractivity contribution is -0.119. The highest BCUT2D eigenvalue weighted by Crippen LogP contribution is 2.23. The molecule has 1 aromatic rings. The normalized spacial score (nSPS) is 21.6. The topological polar surface area (TPSA) is 42.0 Å². The number of aromatic nitrogens is 1. The number of rotatable bonds is 1. The highest BCUT2D eigenvalue weighted by Gasteiger charge is 2.23. The molecule has 1 amide bonds. The van der Waals surface area contributed by atoms with E-state index in [1.807, 2.05) is 6.07 Å². The van der Waals surface area contributed by atoms with Gasteiger partial charge in [-0.2, -0.15) is 0 Å². The lowest BCUT2D eigenvalue weighted by Gasteiger charge is -2.06. The van der Waals surface area contributed by atoms with Gasteiger partial charge in [0, 0.05) is 31.3 Å². The Labute approximate surface area is 81.1 Å². The van der Waals surface area contributed by atoms with Crippen molar-refractivity contribution in [2.24, 2.45) is 0 Å². The highest BCUT2D eigenvalue weighted by molar-refractivity contribution is 6.30. The van der Waals surface area contributed by atoms with Gasteiger partial charge in [0.2, 0.25) is 5.91 Å². The minimum Gasteiger partial charge on any atom is -0.355 e. The number of nitrogens with zero attached hydrogens (tertiary/aromatic N) is 1. The molecule has 2 heterocycles. The molecule has 1 atom stereocenters. The van der Waals surface area contributed by atoms with Crippen LogP contribution in [0.25, 0.3) is 0 Å². The molecule has 3 nitrogen and oxygen atoms in total. The standard InChI is InChI=1S/C9H9ClN2O/c10-8-1-6(3-11-5-8)7-2-9(13)12-4-7/h1,3,5,7H,2,4H2,(H,12,13). The van der Waals surface area contributed by atoms with Gasteiger partial charge < -0.3 is 5.32 Å². The van der Waals surface area contributed by atoms with E-state index >= 15 is 0 Å². The summed E-state index contributed by atoms with van der Waals surface area (Å²) in [6.07, 6.45) is 3.90. The van der Waals surface area contributed by atoms with Gasteiger partial charge in [-0.1, -0.05) is 11.6 Å². The SMILES string of the molecule is O=C1CC(c2cncc(Cl)c2)CN1. The Hall–Kier alpha value is -1.09. The van der Waals surface area contributed by atoms with E-state index in [0.717, 1.165) is 5.56 Å². The number of carbonyl (C=O) groups is 1. The van der Waals surface area contributed by atoms with Crippen molar-refractivity contribution in [3.63, 3.8) is 0 Å². The molecule has 4 heteroatoms. The maximum absolute atomic E-state index is 10.9. The molecule has 1 saturated heterocycles. The van der Waals surface area contributed by atoms with Crippen LogP contribution >= 0.6 is 11.6 Å². The summed E-state index contributed by atoms with van der Waals surface area (Å²) in [5, 5.41) is 3.40. The van der Waals surface area contributed by atoms with Gasteiger partial charge in [0.05, 0.1) is 5.02 Å². The number of hydrogen-bond donors (Lipinski definition) is 1. The van der Waals surface area contributed by atoms with E-state index in [1.165, 1.54) is 0 Å². The molecule has 1 N–H and O–H groups in total. The van der Waals surface area contributed by atoms with Gasteiger partial charge in [0.25, 0.3) is 0 Å². The zero-order chi connectivity index (χ0) is 9.26. The molecule has 0 saturated carbocycles. The smallest absolute Gasteiger partial charge is 0.220 e. The quantitative estimate of drug-likeness (QED) is 0.737. The summed E-state index contributed by atoms with van der Waals surface area (Å²) in [4.78, 5) is 14.9. The second-order valence-corrected chi connectivity index (χ2v) is 3.58. The van der Waals surface area contributed by atoms with Crippen LogP contribution in [0.4, 0.5) is 0 Å². The van der Waals surface area contributed by atoms with Crippen molar-refractivity contribution in [2.75, 3.05) is 6.54 Å². The summed E-state index contributed by atoms with van der Waals surface area (Å²) in [5.74, 6) is 0.337. The predicted molar refractivity (Wildman–Crippen MR) is 49.6 cm³/mol. The van der Waals surface area contributed by atoms with Gasteiger partial charge in [-0.05, 0) is 11.6 Å². The fourth-order valence-electron chi connectivity index (χ4n) is 1.49. The zero-order valence-electron chi connectivity index (χ0n) is 6.96. The van der Waals surface area contributed by atoms with Crippen LogP contribution in [0, 0.1) is 0 Å². The first-order valence-corrected chi connectivity index (χ1v) is 4.50. The number of carbonyl (C=O) groups excluding carboxylic acids is 1. The van der Waals surface area contributed by atoms with E-state index in [1.54, 1.807) is 12.4 Å². The molecule has 0 aromatic carbocycles. The molecule has 0 bridgehead atoms. The maximum atomic E-state index is 10.9. The lowest BCUT2D eigenvalue weighted by Crippen LogP contribution is -2.13. The second kappa shape index (κ2) is 3.34. The molecule has 1 aliphatic rings. The van der Waals surface area contributed by atoms with Crippen molar-refractivity contribution in [3.05, 3.63) is 29.0 Å². The Kier molecular flexibility index (Phi) is 2.19. The minimum absolute atomic E-state index is 0.102. The maximum Gasteiger partial charge on any atom is 0.220 e. The Balaban J connectivity index is 2.21. The Bertz CT molecular complexity index is 340. The van der Waals surface area contributed by atoms with Crippen molar-refractivity contribution in [3.8, 4) is 0 Å². The van der Waals surface area contributed by atoms with Gasteiger partial charge in [0.1, 0.15) is 0 Å². The first-order valence-electron chi connectivity index (χ1n) is 4.13. The average Bonchev–Trinajstić information content (AvgIpc) is 2.52. The predicted octanol–water partition coefficient (Wildman–Crippen LogP) is 1.34. The van der Waals surface area contributed by atoms with E-state index in [-0.39, 0.29) is 11.8 Å². The molecular weight excluding hydrogens is 188 g/mol. The summed E-state index contributed by atoms with van der Waals surface area (Å²) in [6, 6.07) is 1.86. The molecule has 0 aliphatic carbocycles. The van der Waals surface area contributed by atoms with E-state index in [2.05, 4.69) is 10.3 Å². The third-order valence-corrected chi connectivity index (χ3v) is 2.38. The molecule has 1 fully saturated rings. The fraction of sp³-hybridized carbons (Fsp3) is 0.333. The zero-order valence-corrected chi connectivity index (χ0v) is 7.71. The van der Waals surface area contributed by atoms with E-state index in [0.29, 0.717) is 18.0 Å². The number of halogens is 1. The number of amides is 1. The number of pyridine rings is 1. The number of hydrogen-bond acceptors (Lipinski definition) is 2. The van der Waals surface area contributed by atoms with E-state index < -0.39 is 0 Å². The molecule has 2 rings (SSSR count). The molecule has 13 heavy (non-hydrogen) atoms. The summed E-state index contributed by atoms with van der Waals surface area (Å²) in [5.41, 5.74) is 1.03. The van der Waals surface area contributed by atoms with Gasteiger partial charge in [-0.25, -0.2) is 0 Å². The Morgan fingerprint density at radius 3 is 3.00 bits per heavy atom. The van der Waals surface area contributed by atoms with Gasteiger partial charge in [-0.15, -0.1) is 0 Å². The second-order valence-electron chi connectivity index (χ2n) is 3.14. The van der Waals surface area contributed by atoms with Crippen molar-refractivity contribution in [1.29, 1.82) is 0 Å².